The monoisotopic (exact) mass is 352 g/mol. The van der Waals surface area contributed by atoms with Crippen LogP contribution in [0.1, 0.15) is 49.4 Å². The maximum atomic E-state index is 12.8. The lowest BCUT2D eigenvalue weighted by molar-refractivity contribution is -0.131. The van der Waals surface area contributed by atoms with E-state index in [0.717, 1.165) is 40.7 Å². The molecule has 0 bridgehead atoms. The predicted octanol–water partition coefficient (Wildman–Crippen LogP) is 3.06. The fourth-order valence-electron chi connectivity index (χ4n) is 3.33. The Kier molecular flexibility index (Phi) is 3.86. The number of aryl methyl sites for hydroxylation is 1. The molecule has 4 rings (SSSR count). The second-order valence-corrected chi connectivity index (χ2v) is 8.02. The summed E-state index contributed by atoms with van der Waals surface area (Å²) in [7, 11) is 0. The number of carbonyl (C=O) groups is 1. The molecule has 0 atom stereocenters. The van der Waals surface area contributed by atoms with Crippen molar-refractivity contribution in [3.8, 4) is 0 Å². The van der Waals surface area contributed by atoms with Gasteiger partial charge in [-0.2, -0.15) is 0 Å². The van der Waals surface area contributed by atoms with Gasteiger partial charge < -0.3 is 13.7 Å². The lowest BCUT2D eigenvalue weighted by Gasteiger charge is -2.25. The van der Waals surface area contributed by atoms with Crippen LogP contribution >= 0.6 is 0 Å². The largest absolute Gasteiger partial charge is 0.445 e. The van der Waals surface area contributed by atoms with Gasteiger partial charge in [-0.15, -0.1) is 0 Å². The molecule has 4 heterocycles. The molecule has 3 aromatic heterocycles. The van der Waals surface area contributed by atoms with Gasteiger partial charge in [-0.25, -0.2) is 9.97 Å². The standard InChI is InChI=1S/C20H24N4O2/c1-13-6-5-8-24-14(11-21-18(13)24)10-17(25)23-9-7-16-15(12-23)22-19(26-16)20(2,3)4/h5-6,8,11H,7,9-10,12H2,1-4H3. The molecule has 0 saturated carbocycles. The van der Waals surface area contributed by atoms with Crippen molar-refractivity contribution in [1.29, 1.82) is 0 Å². The van der Waals surface area contributed by atoms with Crippen molar-refractivity contribution in [2.24, 2.45) is 0 Å². The Hall–Kier alpha value is -2.63. The maximum Gasteiger partial charge on any atom is 0.228 e. The molecule has 136 valence electrons. The highest BCUT2D eigenvalue weighted by Crippen LogP contribution is 2.27. The van der Waals surface area contributed by atoms with Gasteiger partial charge in [0.05, 0.1) is 18.7 Å². The number of hydrogen-bond donors (Lipinski definition) is 0. The van der Waals surface area contributed by atoms with Gasteiger partial charge in [-0.3, -0.25) is 4.79 Å². The molecular weight excluding hydrogens is 328 g/mol. The van der Waals surface area contributed by atoms with E-state index in [1.54, 1.807) is 6.20 Å². The molecule has 0 saturated heterocycles. The van der Waals surface area contributed by atoms with Gasteiger partial charge >= 0.3 is 0 Å². The topological polar surface area (TPSA) is 63.6 Å². The van der Waals surface area contributed by atoms with E-state index in [4.69, 9.17) is 4.42 Å². The maximum absolute atomic E-state index is 12.8. The summed E-state index contributed by atoms with van der Waals surface area (Å²) in [4.78, 5) is 23.8. The first-order valence-corrected chi connectivity index (χ1v) is 9.01. The Morgan fingerprint density at radius 3 is 2.92 bits per heavy atom. The van der Waals surface area contributed by atoms with E-state index in [-0.39, 0.29) is 11.3 Å². The SMILES string of the molecule is Cc1cccn2c(CC(=O)N3CCc4oc(C(C)(C)C)nc4C3)cnc12. The van der Waals surface area contributed by atoms with E-state index in [1.165, 1.54) is 0 Å². The average molecular weight is 352 g/mol. The number of nitrogens with zero attached hydrogens (tertiary/aromatic N) is 4. The Morgan fingerprint density at radius 2 is 2.15 bits per heavy atom. The van der Waals surface area contributed by atoms with Crippen molar-refractivity contribution in [1.82, 2.24) is 19.3 Å². The van der Waals surface area contributed by atoms with Crippen molar-refractivity contribution in [3.05, 3.63) is 53.1 Å². The summed E-state index contributed by atoms with van der Waals surface area (Å²) in [6.07, 6.45) is 4.81. The fraction of sp³-hybridized carbons (Fsp3) is 0.450. The fourth-order valence-corrected chi connectivity index (χ4v) is 3.33. The van der Waals surface area contributed by atoms with Gasteiger partial charge in [0, 0.05) is 30.8 Å². The summed E-state index contributed by atoms with van der Waals surface area (Å²) in [6, 6.07) is 4.01. The van der Waals surface area contributed by atoms with Crippen molar-refractivity contribution >= 4 is 11.6 Å². The van der Waals surface area contributed by atoms with E-state index in [0.29, 0.717) is 19.5 Å². The minimum Gasteiger partial charge on any atom is -0.445 e. The number of pyridine rings is 1. The van der Waals surface area contributed by atoms with Gasteiger partial charge in [0.25, 0.3) is 0 Å². The number of rotatable bonds is 2. The number of fused-ring (bicyclic) bond motifs is 2. The zero-order chi connectivity index (χ0) is 18.5. The molecule has 0 unspecified atom stereocenters. The van der Waals surface area contributed by atoms with Crippen molar-refractivity contribution in [2.75, 3.05) is 6.54 Å². The van der Waals surface area contributed by atoms with E-state index in [9.17, 15) is 4.79 Å². The molecular formula is C20H24N4O2. The number of amides is 1. The van der Waals surface area contributed by atoms with Gasteiger partial charge in [0.15, 0.2) is 5.89 Å². The van der Waals surface area contributed by atoms with Crippen LogP contribution in [-0.2, 0) is 29.6 Å². The Balaban J connectivity index is 1.52. The van der Waals surface area contributed by atoms with Crippen LogP contribution in [0.2, 0.25) is 0 Å². The summed E-state index contributed by atoms with van der Waals surface area (Å²) in [6.45, 7) is 9.46. The second-order valence-electron chi connectivity index (χ2n) is 8.02. The quantitative estimate of drug-likeness (QED) is 0.711. The molecule has 1 aliphatic rings. The summed E-state index contributed by atoms with van der Waals surface area (Å²) in [5, 5.41) is 0. The van der Waals surface area contributed by atoms with Crippen LogP contribution < -0.4 is 0 Å². The lowest BCUT2D eigenvalue weighted by Crippen LogP contribution is -2.37. The number of imidazole rings is 1. The van der Waals surface area contributed by atoms with Crippen LogP contribution in [0.3, 0.4) is 0 Å². The van der Waals surface area contributed by atoms with Crippen LogP contribution in [-0.4, -0.2) is 31.7 Å². The minimum absolute atomic E-state index is 0.0965. The third-order valence-corrected chi connectivity index (χ3v) is 4.86. The summed E-state index contributed by atoms with van der Waals surface area (Å²) in [5.74, 6) is 1.76. The molecule has 0 fully saturated rings. The molecule has 1 aliphatic heterocycles. The van der Waals surface area contributed by atoms with E-state index in [1.807, 2.05) is 34.6 Å². The summed E-state index contributed by atoms with van der Waals surface area (Å²) < 4.78 is 7.91. The molecule has 0 aliphatic carbocycles. The third-order valence-electron chi connectivity index (χ3n) is 4.86. The van der Waals surface area contributed by atoms with Crippen molar-refractivity contribution < 1.29 is 9.21 Å². The van der Waals surface area contributed by atoms with Gasteiger partial charge in [-0.05, 0) is 18.6 Å². The molecule has 6 heteroatoms. The number of aromatic nitrogens is 3. The van der Waals surface area contributed by atoms with Gasteiger partial charge in [0.1, 0.15) is 17.1 Å². The molecule has 0 aromatic carbocycles. The number of oxazole rings is 1. The molecule has 1 amide bonds. The van der Waals surface area contributed by atoms with Crippen LogP contribution in [0.4, 0.5) is 0 Å². The van der Waals surface area contributed by atoms with E-state index in [2.05, 4.69) is 30.7 Å². The highest BCUT2D eigenvalue weighted by molar-refractivity contribution is 5.79. The second kappa shape index (κ2) is 5.97. The van der Waals surface area contributed by atoms with Crippen LogP contribution in [0.5, 0.6) is 0 Å². The minimum atomic E-state index is -0.124. The molecule has 3 aromatic rings. The first-order valence-electron chi connectivity index (χ1n) is 9.01. The highest BCUT2D eigenvalue weighted by atomic mass is 16.4. The van der Waals surface area contributed by atoms with E-state index >= 15 is 0 Å². The molecule has 0 N–H and O–H groups in total. The Bertz CT molecular complexity index is 978. The first kappa shape index (κ1) is 16.8. The third kappa shape index (κ3) is 2.89. The Labute approximate surface area is 152 Å². The van der Waals surface area contributed by atoms with Crippen molar-refractivity contribution in [3.63, 3.8) is 0 Å². The Morgan fingerprint density at radius 1 is 1.35 bits per heavy atom. The average Bonchev–Trinajstić information content (AvgIpc) is 3.19. The van der Waals surface area contributed by atoms with E-state index < -0.39 is 0 Å². The smallest absolute Gasteiger partial charge is 0.228 e. The molecule has 0 radical (unpaired) electrons. The van der Waals surface area contributed by atoms with Crippen molar-refractivity contribution in [2.45, 2.75) is 52.5 Å². The zero-order valence-electron chi connectivity index (χ0n) is 15.7. The molecule has 6 nitrogen and oxygen atoms in total. The predicted molar refractivity (Wildman–Crippen MR) is 98.0 cm³/mol. The van der Waals surface area contributed by atoms with Gasteiger partial charge in [-0.1, -0.05) is 26.8 Å². The molecule has 0 spiro atoms. The van der Waals surface area contributed by atoms with Crippen LogP contribution in [0, 0.1) is 6.92 Å². The number of carbonyl (C=O) groups excluding carboxylic acids is 1. The molecule has 26 heavy (non-hydrogen) atoms. The highest BCUT2D eigenvalue weighted by Gasteiger charge is 2.29. The lowest BCUT2D eigenvalue weighted by atomic mass is 9.97. The van der Waals surface area contributed by atoms with Crippen LogP contribution in [0.25, 0.3) is 5.65 Å². The summed E-state index contributed by atoms with van der Waals surface area (Å²) in [5.41, 5.74) is 3.69. The van der Waals surface area contributed by atoms with Crippen LogP contribution in [0.15, 0.2) is 28.9 Å². The number of hydrogen-bond acceptors (Lipinski definition) is 4. The zero-order valence-corrected chi connectivity index (χ0v) is 15.7. The van der Waals surface area contributed by atoms with Gasteiger partial charge in [0.2, 0.25) is 5.91 Å². The summed E-state index contributed by atoms with van der Waals surface area (Å²) >= 11 is 0. The normalized spacial score (nSPS) is 14.7. The first-order chi connectivity index (χ1) is 12.3.